The first-order chi connectivity index (χ1) is 7.88. The molecule has 0 spiro atoms. The van der Waals surface area contributed by atoms with Crippen LogP contribution in [0.2, 0.25) is 0 Å². The molecule has 2 N–H and O–H groups in total. The number of para-hydroxylation sites is 1. The van der Waals surface area contributed by atoms with Gasteiger partial charge in [0.1, 0.15) is 6.04 Å². The summed E-state index contributed by atoms with van der Waals surface area (Å²) in [7, 11) is 0. The summed E-state index contributed by atoms with van der Waals surface area (Å²) in [5, 5.41) is 12.2. The van der Waals surface area contributed by atoms with E-state index in [-0.39, 0.29) is 5.41 Å². The number of hydrogen-bond acceptors (Lipinski definition) is 2. The monoisotopic (exact) mass is 235 g/mol. The van der Waals surface area contributed by atoms with Crippen molar-refractivity contribution in [2.24, 2.45) is 5.41 Å². The van der Waals surface area contributed by atoms with E-state index in [9.17, 15) is 4.79 Å². The highest BCUT2D eigenvalue weighted by Crippen LogP contribution is 2.22. The van der Waals surface area contributed by atoms with Crippen LogP contribution < -0.4 is 5.32 Å². The molecule has 0 heterocycles. The van der Waals surface area contributed by atoms with Crippen molar-refractivity contribution < 1.29 is 9.90 Å². The lowest BCUT2D eigenvalue weighted by molar-refractivity contribution is -0.138. The predicted molar refractivity (Wildman–Crippen MR) is 70.2 cm³/mol. The van der Waals surface area contributed by atoms with Crippen molar-refractivity contribution in [3.05, 3.63) is 30.3 Å². The molecule has 94 valence electrons. The van der Waals surface area contributed by atoms with Crippen molar-refractivity contribution in [3.63, 3.8) is 0 Å². The van der Waals surface area contributed by atoms with Crippen LogP contribution in [-0.2, 0) is 4.79 Å². The molecule has 1 rings (SSSR count). The summed E-state index contributed by atoms with van der Waals surface area (Å²) >= 11 is 0. The second-order valence-electron chi connectivity index (χ2n) is 5.50. The van der Waals surface area contributed by atoms with Crippen molar-refractivity contribution >= 4 is 11.7 Å². The van der Waals surface area contributed by atoms with Gasteiger partial charge in [-0.2, -0.15) is 0 Å². The van der Waals surface area contributed by atoms with Gasteiger partial charge in [-0.25, -0.2) is 4.79 Å². The molecule has 0 aliphatic rings. The second kappa shape index (κ2) is 5.71. The van der Waals surface area contributed by atoms with Gasteiger partial charge in [0, 0.05) is 5.69 Å². The van der Waals surface area contributed by atoms with E-state index < -0.39 is 12.0 Å². The van der Waals surface area contributed by atoms with Crippen LogP contribution >= 0.6 is 0 Å². The molecule has 0 amide bonds. The first-order valence-electron chi connectivity index (χ1n) is 5.93. The minimum Gasteiger partial charge on any atom is -0.480 e. The number of carboxylic acid groups (broad SMARTS) is 1. The van der Waals surface area contributed by atoms with E-state index in [1.54, 1.807) is 0 Å². The third-order valence-electron chi connectivity index (χ3n) is 2.60. The number of aliphatic carboxylic acids is 1. The lowest BCUT2D eigenvalue weighted by Gasteiger charge is -2.22. The first kappa shape index (κ1) is 13.6. The molecule has 0 aromatic heterocycles. The van der Waals surface area contributed by atoms with Gasteiger partial charge < -0.3 is 10.4 Å². The van der Waals surface area contributed by atoms with Gasteiger partial charge in [0.2, 0.25) is 0 Å². The summed E-state index contributed by atoms with van der Waals surface area (Å²) in [6.45, 7) is 6.36. The predicted octanol–water partition coefficient (Wildman–Crippen LogP) is 3.38. The summed E-state index contributed by atoms with van der Waals surface area (Å²) in [6, 6.07) is 8.95. The third kappa shape index (κ3) is 5.38. The van der Waals surface area contributed by atoms with E-state index in [1.165, 1.54) is 0 Å². The fraction of sp³-hybridized carbons (Fsp3) is 0.500. The van der Waals surface area contributed by atoms with E-state index in [0.717, 1.165) is 12.1 Å². The second-order valence-corrected chi connectivity index (χ2v) is 5.50. The summed E-state index contributed by atoms with van der Waals surface area (Å²) < 4.78 is 0. The molecule has 0 fully saturated rings. The maximum Gasteiger partial charge on any atom is 0.326 e. The van der Waals surface area contributed by atoms with E-state index in [2.05, 4.69) is 26.1 Å². The Morgan fingerprint density at radius 2 is 1.88 bits per heavy atom. The standard InChI is InChI=1S/C14H21NO2/c1-14(2,3)10-9-12(13(16)17)15-11-7-5-4-6-8-11/h4-8,12,15H,9-10H2,1-3H3,(H,16,17). The Kier molecular flexibility index (Phi) is 4.55. The molecule has 1 aromatic carbocycles. The average molecular weight is 235 g/mol. The van der Waals surface area contributed by atoms with Gasteiger partial charge in [-0.15, -0.1) is 0 Å². The highest BCUT2D eigenvalue weighted by molar-refractivity contribution is 5.77. The molecule has 0 bridgehead atoms. The van der Waals surface area contributed by atoms with Crippen LogP contribution in [0.5, 0.6) is 0 Å². The lowest BCUT2D eigenvalue weighted by atomic mass is 9.88. The molecule has 3 heteroatoms. The van der Waals surface area contributed by atoms with E-state index in [1.807, 2.05) is 30.3 Å². The fourth-order valence-electron chi connectivity index (χ4n) is 1.57. The number of nitrogens with one attached hydrogen (secondary N) is 1. The van der Waals surface area contributed by atoms with Crippen LogP contribution in [0, 0.1) is 5.41 Å². The molecule has 17 heavy (non-hydrogen) atoms. The Bertz CT molecular complexity index is 354. The Morgan fingerprint density at radius 1 is 1.29 bits per heavy atom. The van der Waals surface area contributed by atoms with Crippen LogP contribution in [-0.4, -0.2) is 17.1 Å². The molecule has 0 aliphatic heterocycles. The van der Waals surface area contributed by atoms with Crippen molar-refractivity contribution in [2.45, 2.75) is 39.7 Å². The summed E-state index contributed by atoms with van der Waals surface area (Å²) in [6.07, 6.45) is 1.51. The van der Waals surface area contributed by atoms with Crippen LogP contribution in [0.25, 0.3) is 0 Å². The Hall–Kier alpha value is -1.51. The zero-order valence-corrected chi connectivity index (χ0v) is 10.7. The normalized spacial score (nSPS) is 13.1. The van der Waals surface area contributed by atoms with Crippen LogP contribution in [0.1, 0.15) is 33.6 Å². The van der Waals surface area contributed by atoms with Gasteiger partial charge in [-0.3, -0.25) is 0 Å². The van der Waals surface area contributed by atoms with Crippen molar-refractivity contribution in [1.82, 2.24) is 0 Å². The SMILES string of the molecule is CC(C)(C)CCC(Nc1ccccc1)C(=O)O. The van der Waals surface area contributed by atoms with Crippen LogP contribution in [0.4, 0.5) is 5.69 Å². The van der Waals surface area contributed by atoms with Gasteiger partial charge in [0.25, 0.3) is 0 Å². The minimum atomic E-state index is -0.793. The quantitative estimate of drug-likeness (QED) is 0.822. The van der Waals surface area contributed by atoms with Gasteiger partial charge in [-0.05, 0) is 30.4 Å². The highest BCUT2D eigenvalue weighted by Gasteiger charge is 2.20. The first-order valence-corrected chi connectivity index (χ1v) is 5.93. The number of carboxylic acids is 1. The summed E-state index contributed by atoms with van der Waals surface area (Å²) in [5.41, 5.74) is 1.01. The highest BCUT2D eigenvalue weighted by atomic mass is 16.4. The Balaban J connectivity index is 2.59. The largest absolute Gasteiger partial charge is 0.480 e. The number of anilines is 1. The molecular weight excluding hydrogens is 214 g/mol. The molecule has 1 atom stereocenters. The van der Waals surface area contributed by atoms with E-state index in [0.29, 0.717) is 6.42 Å². The lowest BCUT2D eigenvalue weighted by Crippen LogP contribution is -2.30. The zero-order chi connectivity index (χ0) is 12.9. The summed E-state index contributed by atoms with van der Waals surface area (Å²) in [5.74, 6) is -0.793. The van der Waals surface area contributed by atoms with Crippen LogP contribution in [0.15, 0.2) is 30.3 Å². The van der Waals surface area contributed by atoms with Gasteiger partial charge in [0.05, 0.1) is 0 Å². The maximum atomic E-state index is 11.2. The smallest absolute Gasteiger partial charge is 0.326 e. The molecule has 0 saturated heterocycles. The van der Waals surface area contributed by atoms with Crippen molar-refractivity contribution in [1.29, 1.82) is 0 Å². The molecule has 1 aromatic rings. The summed E-state index contributed by atoms with van der Waals surface area (Å²) in [4.78, 5) is 11.2. The van der Waals surface area contributed by atoms with Gasteiger partial charge in [-0.1, -0.05) is 39.0 Å². The van der Waals surface area contributed by atoms with Crippen molar-refractivity contribution in [3.8, 4) is 0 Å². The van der Waals surface area contributed by atoms with E-state index in [4.69, 9.17) is 5.11 Å². The molecule has 0 radical (unpaired) electrons. The third-order valence-corrected chi connectivity index (χ3v) is 2.60. The Labute approximate surface area is 103 Å². The number of carbonyl (C=O) groups is 1. The molecule has 3 nitrogen and oxygen atoms in total. The molecule has 0 saturated carbocycles. The van der Waals surface area contributed by atoms with Gasteiger partial charge in [0.15, 0.2) is 0 Å². The fourth-order valence-corrected chi connectivity index (χ4v) is 1.57. The van der Waals surface area contributed by atoms with E-state index >= 15 is 0 Å². The molecule has 1 unspecified atom stereocenters. The Morgan fingerprint density at radius 3 is 2.35 bits per heavy atom. The maximum absolute atomic E-state index is 11.2. The number of rotatable bonds is 5. The van der Waals surface area contributed by atoms with Crippen molar-refractivity contribution in [2.75, 3.05) is 5.32 Å². The average Bonchev–Trinajstić information content (AvgIpc) is 2.24. The topological polar surface area (TPSA) is 49.3 Å². The minimum absolute atomic E-state index is 0.159. The number of benzene rings is 1. The molecule has 0 aliphatic carbocycles. The zero-order valence-electron chi connectivity index (χ0n) is 10.7. The van der Waals surface area contributed by atoms with Gasteiger partial charge >= 0.3 is 5.97 Å². The molecular formula is C14H21NO2. The number of hydrogen-bond donors (Lipinski definition) is 2. The van der Waals surface area contributed by atoms with Crippen LogP contribution in [0.3, 0.4) is 0 Å².